The maximum absolute atomic E-state index is 8.89. The van der Waals surface area contributed by atoms with Crippen LogP contribution in [0, 0.1) is 31.1 Å². The van der Waals surface area contributed by atoms with Crippen molar-refractivity contribution >= 4 is 29.0 Å². The van der Waals surface area contributed by atoms with Gasteiger partial charge >= 0.3 is 54.2 Å². The van der Waals surface area contributed by atoms with E-state index in [9.17, 15) is 0 Å². The summed E-state index contributed by atoms with van der Waals surface area (Å²) in [6.07, 6.45) is 0. The van der Waals surface area contributed by atoms with Crippen LogP contribution < -0.4 is 5.11 Å². The van der Waals surface area contributed by atoms with Crippen molar-refractivity contribution in [2.75, 3.05) is 0 Å². The summed E-state index contributed by atoms with van der Waals surface area (Å²) in [4.78, 5) is 8.89. The van der Waals surface area contributed by atoms with E-state index in [2.05, 4.69) is 0 Å². The van der Waals surface area contributed by atoms with Crippen LogP contribution in [0.3, 0.4) is 0 Å². The molecule has 0 saturated carbocycles. The summed E-state index contributed by atoms with van der Waals surface area (Å²) in [5.41, 5.74) is 0. The zero-order valence-electron chi connectivity index (χ0n) is 3.52. The van der Waals surface area contributed by atoms with Gasteiger partial charge in [-0.15, -0.1) is 0 Å². The Balaban J connectivity index is -0.0000000450. The third kappa shape index (κ3) is 58.6. The van der Waals surface area contributed by atoms with Gasteiger partial charge in [-0.25, -0.2) is 0 Å². The summed E-state index contributed by atoms with van der Waals surface area (Å²) in [7, 11) is 0. The van der Waals surface area contributed by atoms with E-state index in [-0.39, 0.29) is 54.2 Å². The van der Waals surface area contributed by atoms with Gasteiger partial charge in [0.05, 0.1) is 0 Å². The van der Waals surface area contributed by atoms with Crippen molar-refractivity contribution in [2.45, 2.75) is 6.92 Å². The van der Waals surface area contributed by atoms with Crippen LogP contribution >= 0.6 is 0 Å². The number of carboxylic acids is 1. The monoisotopic (exact) mass is 321 g/mol. The molecule has 0 aromatic rings. The second-order valence-electron chi connectivity index (χ2n) is 0.492. The summed E-state index contributed by atoms with van der Waals surface area (Å²) in [6, 6.07) is 0. The van der Waals surface area contributed by atoms with Crippen molar-refractivity contribution in [3.05, 3.63) is 0 Å². The number of aliphatic carboxylic acids is 1. The van der Waals surface area contributed by atoms with Crippen LogP contribution in [0.2, 0.25) is 0 Å². The molecule has 0 heterocycles. The minimum absolute atomic E-state index is 0. The molecule has 0 radical (unpaired) electrons. The van der Waals surface area contributed by atoms with Crippen molar-refractivity contribution in [1.29, 1.82) is 0 Å². The molecule has 0 amide bonds. The van der Waals surface area contributed by atoms with E-state index in [0.717, 1.165) is 6.92 Å². The predicted molar refractivity (Wildman–Crippen MR) is 16.4 cm³/mol. The molecular weight excluding hydrogens is 318 g/mol. The Kier molecular flexibility index (Phi) is 25.0. The molecule has 0 spiro atoms. The van der Waals surface area contributed by atoms with Gasteiger partial charge in [-0.05, 0) is 6.92 Å². The van der Waals surface area contributed by atoms with Crippen LogP contribution in [0.4, 0.5) is 0 Å². The number of hydrogen-bond acceptors (Lipinski definition) is 2. The molecule has 0 aliphatic heterocycles. The number of carbonyl (C=O) groups is 1. The first-order chi connectivity index (χ1) is 1.73. The smallest absolute Gasteiger partial charge is 0.550 e. The minimum Gasteiger partial charge on any atom is -0.550 e. The topological polar surface area (TPSA) is 40.1 Å². The molecule has 0 aromatic carbocycles. The molecule has 0 rings (SSSR count). The zero-order valence-corrected chi connectivity index (χ0v) is 9.10. The molecule has 24 valence electrons. The Hall–Kier alpha value is 1.29. The first-order valence-electron chi connectivity index (χ1n) is 0.908. The Morgan fingerprint density at radius 3 is 1.67 bits per heavy atom. The summed E-state index contributed by atoms with van der Waals surface area (Å²) in [5.74, 6) is -1.08. The van der Waals surface area contributed by atoms with Gasteiger partial charge in [0, 0.05) is 5.97 Å². The number of carbonyl (C=O) groups excluding carboxylic acids is 1. The van der Waals surface area contributed by atoms with Crippen LogP contribution in [0.15, 0.2) is 0 Å². The second-order valence-corrected chi connectivity index (χ2v) is 0.492. The van der Waals surface area contributed by atoms with E-state index in [1.54, 1.807) is 0 Å². The van der Waals surface area contributed by atoms with Gasteiger partial charge in [-0.3, -0.25) is 0 Å². The molecule has 0 aromatic heterocycles. The largest absolute Gasteiger partial charge is 4.00 e. The first-order valence-corrected chi connectivity index (χ1v) is 0.908. The van der Waals surface area contributed by atoms with Gasteiger partial charge in [0.1, 0.15) is 0 Å². The minimum atomic E-state index is -1.08. The van der Waals surface area contributed by atoms with E-state index in [1.165, 1.54) is 0 Å². The Morgan fingerprint density at radius 2 is 1.67 bits per heavy atom. The molecule has 0 unspecified atom stereocenters. The van der Waals surface area contributed by atoms with Crippen LogP contribution in [0.5, 0.6) is 0 Å². The number of rotatable bonds is 0. The van der Waals surface area contributed by atoms with E-state index in [1.807, 2.05) is 0 Å². The van der Waals surface area contributed by atoms with E-state index in [0.29, 0.717) is 0 Å². The fraction of sp³-hybridized carbons (Fsp3) is 0.500. The van der Waals surface area contributed by atoms with Gasteiger partial charge in [0.2, 0.25) is 0 Å². The van der Waals surface area contributed by atoms with Gasteiger partial charge in [-0.1, -0.05) is 0 Å². The summed E-state index contributed by atoms with van der Waals surface area (Å²) in [5, 5.41) is 8.89. The Bertz CT molecular complexity index is 34.5. The summed E-state index contributed by atoms with van der Waals surface area (Å²) < 4.78 is 0. The van der Waals surface area contributed by atoms with E-state index < -0.39 is 5.97 Å². The van der Waals surface area contributed by atoms with Crippen molar-refractivity contribution in [2.24, 2.45) is 0 Å². The van der Waals surface area contributed by atoms with Crippen LogP contribution in [0.25, 0.3) is 0 Å². The average Bonchev–Trinajstić information content (AvgIpc) is 0.811. The van der Waals surface area contributed by atoms with Crippen molar-refractivity contribution < 1.29 is 41.0 Å². The maximum Gasteiger partial charge on any atom is 4.00 e. The van der Waals surface area contributed by atoms with Crippen LogP contribution in [0.1, 0.15) is 6.92 Å². The van der Waals surface area contributed by atoms with Gasteiger partial charge < -0.3 is 9.90 Å². The van der Waals surface area contributed by atoms with E-state index in [4.69, 9.17) is 9.90 Å². The molecule has 0 aliphatic rings. The number of hydrogen-bond donors (Lipinski definition) is 0. The standard InChI is InChI=1S/C2H4O2.Mg.U/c1-2(3)4;;/h1H3,(H,3,4);;/q;+2;+4/p-1. The van der Waals surface area contributed by atoms with Gasteiger partial charge in [0.15, 0.2) is 0 Å². The molecule has 0 atom stereocenters. The van der Waals surface area contributed by atoms with E-state index >= 15 is 0 Å². The van der Waals surface area contributed by atoms with Crippen molar-refractivity contribution in [3.8, 4) is 0 Å². The SMILES string of the molecule is CC(=O)[O-].[Mg+2].[U+4]. The Morgan fingerprint density at radius 1 is 1.67 bits per heavy atom. The van der Waals surface area contributed by atoms with Crippen molar-refractivity contribution in [1.82, 2.24) is 0 Å². The molecular formula is C2H3MgO2U+5. The molecule has 0 N–H and O–H groups in total. The molecule has 0 fully saturated rings. The average molecular weight is 321 g/mol. The molecule has 0 bridgehead atoms. The third-order valence-corrected chi connectivity index (χ3v) is 0. The van der Waals surface area contributed by atoms with Crippen molar-refractivity contribution in [3.63, 3.8) is 0 Å². The molecule has 4 heteroatoms. The molecule has 0 saturated heterocycles. The molecule has 2 nitrogen and oxygen atoms in total. The number of carboxylic acid groups (broad SMARTS) is 1. The molecule has 6 heavy (non-hydrogen) atoms. The summed E-state index contributed by atoms with van der Waals surface area (Å²) in [6.45, 7) is 0.972. The quantitative estimate of drug-likeness (QED) is 0.503. The fourth-order valence-electron chi connectivity index (χ4n) is 0. The summed E-state index contributed by atoms with van der Waals surface area (Å²) >= 11 is 0. The van der Waals surface area contributed by atoms with Gasteiger partial charge in [-0.2, -0.15) is 0 Å². The third-order valence-electron chi connectivity index (χ3n) is 0. The Labute approximate surface area is 76.2 Å². The van der Waals surface area contributed by atoms with Gasteiger partial charge in [0.25, 0.3) is 0 Å². The molecule has 0 aliphatic carbocycles. The van der Waals surface area contributed by atoms with Crippen LogP contribution in [-0.2, 0) is 4.79 Å². The normalized spacial score (nSPS) is 4.17. The second kappa shape index (κ2) is 9.56. The van der Waals surface area contributed by atoms with Crippen LogP contribution in [-0.4, -0.2) is 29.0 Å². The first kappa shape index (κ1) is 15.7. The maximum atomic E-state index is 8.89. The predicted octanol–water partition coefficient (Wildman–Crippen LogP) is -1.62. The zero-order chi connectivity index (χ0) is 3.58. The fourth-order valence-corrected chi connectivity index (χ4v) is 0.